The van der Waals surface area contributed by atoms with Crippen molar-refractivity contribution in [2.24, 2.45) is 11.8 Å². The van der Waals surface area contributed by atoms with Gasteiger partial charge in [0.25, 0.3) is 0 Å². The number of carboxylic acids is 2. The fraction of sp³-hybridized carbons (Fsp3) is 0.438. The molecule has 11 heteroatoms. The van der Waals surface area contributed by atoms with Gasteiger partial charge in [-0.2, -0.15) is 0 Å². The molecule has 0 aliphatic carbocycles. The zero-order valence-corrected chi connectivity index (χ0v) is 25.7. The summed E-state index contributed by atoms with van der Waals surface area (Å²) in [7, 11) is 1.63. The van der Waals surface area contributed by atoms with Gasteiger partial charge in [-0.05, 0) is 49.2 Å². The first-order valence-electron chi connectivity index (χ1n) is 14.1. The number of esters is 2. The Balaban J connectivity index is 0.00000101. The van der Waals surface area contributed by atoms with Crippen molar-refractivity contribution in [3.8, 4) is 23.0 Å². The van der Waals surface area contributed by atoms with Crippen LogP contribution in [-0.2, 0) is 25.6 Å². The van der Waals surface area contributed by atoms with E-state index >= 15 is 0 Å². The molecule has 236 valence electrons. The molecule has 0 amide bonds. The smallest absolute Gasteiger partial charge is 0.328 e. The highest BCUT2D eigenvalue weighted by Crippen LogP contribution is 2.30. The molecule has 0 aromatic heterocycles. The zero-order chi connectivity index (χ0) is 32.4. The van der Waals surface area contributed by atoms with Gasteiger partial charge in [-0.15, -0.1) is 0 Å². The van der Waals surface area contributed by atoms with Gasteiger partial charge in [0.1, 0.15) is 6.61 Å². The van der Waals surface area contributed by atoms with Crippen LogP contribution >= 0.6 is 0 Å². The van der Waals surface area contributed by atoms with Crippen LogP contribution in [0.1, 0.15) is 46.6 Å². The molecule has 0 fully saturated rings. The first kappa shape index (κ1) is 36.6. The molecule has 0 aliphatic rings. The van der Waals surface area contributed by atoms with E-state index in [1.807, 2.05) is 30.3 Å². The third kappa shape index (κ3) is 14.9. The summed E-state index contributed by atoms with van der Waals surface area (Å²) < 4.78 is 22.3. The van der Waals surface area contributed by atoms with Crippen LogP contribution in [0.3, 0.4) is 0 Å². The molecule has 0 bridgehead atoms. The minimum absolute atomic E-state index is 0.261. The molecule has 0 heterocycles. The summed E-state index contributed by atoms with van der Waals surface area (Å²) in [4.78, 5) is 45.8. The highest BCUT2D eigenvalue weighted by molar-refractivity contribution is 5.89. The third-order valence-corrected chi connectivity index (χ3v) is 5.73. The summed E-state index contributed by atoms with van der Waals surface area (Å²) in [5, 5.41) is 15.6. The fourth-order valence-electron chi connectivity index (χ4n) is 3.43. The molecule has 2 aromatic carbocycles. The maximum Gasteiger partial charge on any atom is 0.328 e. The Morgan fingerprint density at radius 2 is 1.33 bits per heavy atom. The Labute approximate surface area is 253 Å². The normalized spacial score (nSPS) is 10.8. The lowest BCUT2D eigenvalue weighted by molar-refractivity contribution is -0.140. The second-order valence-corrected chi connectivity index (χ2v) is 10.0. The number of ether oxygens (including phenoxy) is 4. The quantitative estimate of drug-likeness (QED) is 0.154. The summed E-state index contributed by atoms with van der Waals surface area (Å²) >= 11 is 0. The van der Waals surface area contributed by atoms with E-state index in [0.29, 0.717) is 18.8 Å². The minimum atomic E-state index is -1.26. The Morgan fingerprint density at radius 1 is 0.767 bits per heavy atom. The van der Waals surface area contributed by atoms with E-state index < -0.39 is 11.9 Å². The predicted octanol–water partition coefficient (Wildman–Crippen LogP) is 4.86. The Kier molecular flexibility index (Phi) is 16.8. The van der Waals surface area contributed by atoms with Crippen LogP contribution in [0.15, 0.2) is 54.6 Å². The van der Waals surface area contributed by atoms with Gasteiger partial charge in [0.15, 0.2) is 23.0 Å². The van der Waals surface area contributed by atoms with Crippen molar-refractivity contribution in [2.45, 2.75) is 47.5 Å². The minimum Gasteiger partial charge on any atom is -0.493 e. The van der Waals surface area contributed by atoms with Crippen molar-refractivity contribution < 1.29 is 48.3 Å². The van der Waals surface area contributed by atoms with Gasteiger partial charge in [-0.3, -0.25) is 14.5 Å². The lowest BCUT2D eigenvalue weighted by Crippen LogP contribution is -2.31. The molecule has 0 radical (unpaired) electrons. The van der Waals surface area contributed by atoms with E-state index in [1.165, 1.54) is 0 Å². The van der Waals surface area contributed by atoms with Gasteiger partial charge < -0.3 is 29.2 Å². The van der Waals surface area contributed by atoms with Gasteiger partial charge in [0.05, 0.1) is 18.9 Å². The Hall–Kier alpha value is -4.38. The van der Waals surface area contributed by atoms with Crippen LogP contribution in [-0.4, -0.2) is 72.3 Å². The first-order chi connectivity index (χ1) is 20.4. The summed E-state index contributed by atoms with van der Waals surface area (Å²) in [6.07, 6.45) is 2.89. The molecule has 0 saturated carbocycles. The second-order valence-electron chi connectivity index (χ2n) is 10.0. The molecule has 43 heavy (non-hydrogen) atoms. The Bertz CT molecular complexity index is 1210. The molecule has 2 rings (SSSR count). The van der Waals surface area contributed by atoms with E-state index in [4.69, 9.17) is 29.2 Å². The number of carbonyl (C=O) groups is 4. The van der Waals surface area contributed by atoms with Crippen LogP contribution in [0.2, 0.25) is 0 Å². The second kappa shape index (κ2) is 19.7. The number of benzene rings is 2. The van der Waals surface area contributed by atoms with E-state index in [2.05, 4.69) is 11.8 Å². The van der Waals surface area contributed by atoms with Gasteiger partial charge >= 0.3 is 23.9 Å². The van der Waals surface area contributed by atoms with Crippen molar-refractivity contribution in [1.29, 1.82) is 0 Å². The maximum atomic E-state index is 12.2. The van der Waals surface area contributed by atoms with Crippen molar-refractivity contribution in [2.75, 3.05) is 33.4 Å². The van der Waals surface area contributed by atoms with Crippen LogP contribution in [0, 0.1) is 11.8 Å². The lowest BCUT2D eigenvalue weighted by Gasteiger charge is -2.22. The van der Waals surface area contributed by atoms with Crippen LogP contribution in [0.25, 0.3) is 0 Å². The first-order valence-corrected chi connectivity index (χ1v) is 14.1. The van der Waals surface area contributed by atoms with E-state index in [9.17, 15) is 19.2 Å². The molecule has 11 nitrogen and oxygen atoms in total. The molecular formula is C32H43NO10. The van der Waals surface area contributed by atoms with Gasteiger partial charge in [-0.1, -0.05) is 52.8 Å². The average molecular weight is 602 g/mol. The maximum absolute atomic E-state index is 12.2. The number of hydrogen-bond acceptors (Lipinski definition) is 9. The largest absolute Gasteiger partial charge is 0.493 e. The number of carboxylic acid groups (broad SMARTS) is 2. The van der Waals surface area contributed by atoms with Crippen molar-refractivity contribution >= 4 is 23.9 Å². The topological polar surface area (TPSA) is 149 Å². The molecule has 2 aromatic rings. The third-order valence-electron chi connectivity index (χ3n) is 5.73. The van der Waals surface area contributed by atoms with Crippen molar-refractivity contribution in [3.63, 3.8) is 0 Å². The molecule has 0 atom stereocenters. The van der Waals surface area contributed by atoms with Crippen LogP contribution < -0.4 is 18.9 Å². The van der Waals surface area contributed by atoms with E-state index in [-0.39, 0.29) is 35.3 Å². The number of carbonyl (C=O) groups excluding carboxylic acids is 2. The molecule has 0 saturated heterocycles. The number of aliphatic carboxylic acids is 2. The van der Waals surface area contributed by atoms with Gasteiger partial charge in [-0.25, -0.2) is 9.59 Å². The highest BCUT2D eigenvalue weighted by Gasteiger charge is 2.18. The monoisotopic (exact) mass is 601 g/mol. The van der Waals surface area contributed by atoms with Gasteiger partial charge in [0, 0.05) is 25.2 Å². The summed E-state index contributed by atoms with van der Waals surface area (Å²) in [6, 6.07) is 13.0. The lowest BCUT2D eigenvalue weighted by atomic mass is 10.1. The molecule has 0 aliphatic heterocycles. The predicted molar refractivity (Wildman–Crippen MR) is 161 cm³/mol. The zero-order valence-electron chi connectivity index (χ0n) is 25.7. The number of para-hydroxylation sites is 2. The number of nitrogens with zero attached hydrogens (tertiary/aromatic N) is 1. The standard InChI is InChI=1S/C28H39NO6.C4H4O4/c1-7-15-29(17-18-33-24-11-9-8-10-23(24)32-6)16-14-22-12-13-25(34-27(30)20(2)3)26(19-22)35-28(31)21(4)5;5-3(6)1-2-4(7)8/h8-13,19-21H,7,14-18H2,1-6H3;1-2H,(H,5,6)(H,7,8)/b;2-1-. The average Bonchev–Trinajstić information content (AvgIpc) is 2.96. The SMILES string of the molecule is CCCN(CCOc1ccccc1OC)CCc1ccc(OC(=O)C(C)C)c(OC(=O)C(C)C)c1.O=C(O)/C=C\C(=O)O. The van der Waals surface area contributed by atoms with Crippen molar-refractivity contribution in [3.05, 3.63) is 60.2 Å². The Morgan fingerprint density at radius 3 is 1.84 bits per heavy atom. The molecule has 0 unspecified atom stereocenters. The summed E-state index contributed by atoms with van der Waals surface area (Å²) in [5.74, 6) is -1.85. The molecule has 2 N–H and O–H groups in total. The van der Waals surface area contributed by atoms with Gasteiger partial charge in [0.2, 0.25) is 0 Å². The van der Waals surface area contributed by atoms with E-state index in [0.717, 1.165) is 49.5 Å². The summed E-state index contributed by atoms with van der Waals surface area (Å²) in [5.41, 5.74) is 0.993. The number of rotatable bonds is 16. The van der Waals surface area contributed by atoms with Crippen LogP contribution in [0.5, 0.6) is 23.0 Å². The van der Waals surface area contributed by atoms with E-state index in [1.54, 1.807) is 46.9 Å². The number of methoxy groups -OCH3 is 1. The number of hydrogen-bond donors (Lipinski definition) is 2. The molecular weight excluding hydrogens is 558 g/mol. The van der Waals surface area contributed by atoms with Crippen molar-refractivity contribution in [1.82, 2.24) is 4.90 Å². The summed E-state index contributed by atoms with van der Waals surface area (Å²) in [6.45, 7) is 12.3. The van der Waals surface area contributed by atoms with Crippen LogP contribution in [0.4, 0.5) is 0 Å². The highest BCUT2D eigenvalue weighted by atomic mass is 16.6. The fourth-order valence-corrected chi connectivity index (χ4v) is 3.43. The molecule has 0 spiro atoms.